The number of ether oxygens (including phenoxy) is 2. The number of aromatic nitrogens is 1. The second-order valence-electron chi connectivity index (χ2n) is 7.81. The van der Waals surface area contributed by atoms with Crippen molar-refractivity contribution in [3.8, 4) is 22.6 Å². The van der Waals surface area contributed by atoms with E-state index in [-0.39, 0.29) is 24.5 Å². The minimum Gasteiger partial charge on any atom is -0.489 e. The number of hydrogen-bond donors (Lipinski definition) is 0. The van der Waals surface area contributed by atoms with Crippen LogP contribution in [0.15, 0.2) is 72.9 Å². The van der Waals surface area contributed by atoms with Crippen LogP contribution < -0.4 is 9.47 Å². The number of hydrogen-bond acceptors (Lipinski definition) is 4. The number of alkyl halides is 3. The summed E-state index contributed by atoms with van der Waals surface area (Å²) in [5, 5.41) is 0.428. The maximum Gasteiger partial charge on any atom is 0.418 e. The van der Waals surface area contributed by atoms with Gasteiger partial charge in [0.1, 0.15) is 18.1 Å². The zero-order chi connectivity index (χ0) is 24.3. The van der Waals surface area contributed by atoms with Crippen LogP contribution in [-0.4, -0.2) is 11.0 Å². The highest BCUT2D eigenvalue weighted by Crippen LogP contribution is 2.38. The summed E-state index contributed by atoms with van der Waals surface area (Å²) >= 11 is 0. The van der Waals surface area contributed by atoms with Gasteiger partial charge in [-0.1, -0.05) is 43.3 Å². The van der Waals surface area contributed by atoms with E-state index < -0.39 is 11.7 Å². The highest BCUT2D eigenvalue weighted by atomic mass is 19.4. The number of aryl methyl sites for hydroxylation is 1. The number of para-hydroxylation sites is 1. The molecule has 0 aliphatic heterocycles. The largest absolute Gasteiger partial charge is 0.489 e. The molecule has 1 heterocycles. The van der Waals surface area contributed by atoms with Crippen LogP contribution in [-0.2, 0) is 17.6 Å². The van der Waals surface area contributed by atoms with Crippen LogP contribution >= 0.6 is 0 Å². The number of carbonyl (C=O) groups is 1. The van der Waals surface area contributed by atoms with Gasteiger partial charge in [-0.15, -0.1) is 0 Å². The van der Waals surface area contributed by atoms with Gasteiger partial charge in [0.2, 0.25) is 0 Å². The average Bonchev–Trinajstić information content (AvgIpc) is 2.82. The molecule has 34 heavy (non-hydrogen) atoms. The predicted octanol–water partition coefficient (Wildman–Crippen LogP) is 7.12. The summed E-state index contributed by atoms with van der Waals surface area (Å²) in [6.45, 7) is 3.77. The number of benzene rings is 3. The summed E-state index contributed by atoms with van der Waals surface area (Å²) in [5.41, 5.74) is 2.13. The molecule has 4 rings (SSSR count). The van der Waals surface area contributed by atoms with Gasteiger partial charge < -0.3 is 9.47 Å². The predicted molar refractivity (Wildman–Crippen MR) is 124 cm³/mol. The number of pyridine rings is 1. The fourth-order valence-electron chi connectivity index (χ4n) is 3.75. The first-order chi connectivity index (χ1) is 16.3. The van der Waals surface area contributed by atoms with Crippen molar-refractivity contribution in [2.24, 2.45) is 0 Å². The quantitative estimate of drug-likeness (QED) is 0.225. The van der Waals surface area contributed by atoms with Crippen molar-refractivity contribution < 1.29 is 27.4 Å². The second kappa shape index (κ2) is 9.55. The third kappa shape index (κ3) is 5.03. The van der Waals surface area contributed by atoms with Crippen LogP contribution in [0.25, 0.3) is 22.0 Å². The van der Waals surface area contributed by atoms with E-state index in [0.717, 1.165) is 22.8 Å². The molecule has 0 unspecified atom stereocenters. The molecule has 0 amide bonds. The summed E-state index contributed by atoms with van der Waals surface area (Å²) in [4.78, 5) is 15.6. The monoisotopic (exact) mass is 465 g/mol. The van der Waals surface area contributed by atoms with Crippen LogP contribution in [0.1, 0.15) is 30.0 Å². The fourth-order valence-corrected chi connectivity index (χ4v) is 3.75. The second-order valence-corrected chi connectivity index (χ2v) is 7.81. The topological polar surface area (TPSA) is 48.4 Å². The van der Waals surface area contributed by atoms with E-state index in [4.69, 9.17) is 9.47 Å². The van der Waals surface area contributed by atoms with E-state index in [9.17, 15) is 18.0 Å². The first-order valence-corrected chi connectivity index (χ1v) is 10.7. The molecule has 0 saturated heterocycles. The van der Waals surface area contributed by atoms with Gasteiger partial charge in [0.25, 0.3) is 0 Å². The van der Waals surface area contributed by atoms with Gasteiger partial charge in [-0.05, 0) is 59.5 Å². The van der Waals surface area contributed by atoms with Crippen molar-refractivity contribution in [3.05, 3.63) is 89.6 Å². The molecule has 7 heteroatoms. The van der Waals surface area contributed by atoms with Crippen molar-refractivity contribution in [3.63, 3.8) is 0 Å². The van der Waals surface area contributed by atoms with Gasteiger partial charge in [0, 0.05) is 18.0 Å². The molecule has 0 aliphatic carbocycles. The van der Waals surface area contributed by atoms with Gasteiger partial charge in [-0.25, -0.2) is 0 Å². The molecule has 0 aliphatic rings. The Labute approximate surface area is 195 Å². The standard InChI is InChI=1S/C27H22F3NO3/c1-3-24(32)34-21-10-4-7-18(13-21)16-33-20-9-5-8-19(14-20)25-17(2)15-31-26-22(25)11-6-12-23(26)27(28,29)30/h4-15H,3,16H2,1-2H3. The molecule has 0 atom stereocenters. The molecule has 0 bridgehead atoms. The smallest absolute Gasteiger partial charge is 0.418 e. The SMILES string of the molecule is CCC(=O)Oc1cccc(COc2cccc(-c3c(C)cnc4c(C(F)(F)F)cccc34)c2)c1. The number of nitrogens with zero attached hydrogens (tertiary/aromatic N) is 1. The number of fused-ring (bicyclic) bond motifs is 1. The third-order valence-electron chi connectivity index (χ3n) is 5.34. The third-order valence-corrected chi connectivity index (χ3v) is 5.34. The molecule has 174 valence electrons. The molecule has 0 radical (unpaired) electrons. The lowest BCUT2D eigenvalue weighted by atomic mass is 9.95. The first kappa shape index (κ1) is 23.3. The molecule has 0 fully saturated rings. The van der Waals surface area contributed by atoms with E-state index in [1.807, 2.05) is 19.1 Å². The van der Waals surface area contributed by atoms with E-state index in [2.05, 4.69) is 4.98 Å². The highest BCUT2D eigenvalue weighted by molar-refractivity contribution is 5.97. The molecule has 0 saturated carbocycles. The number of esters is 1. The average molecular weight is 465 g/mol. The molecular formula is C27H22F3NO3. The molecule has 4 aromatic rings. The van der Waals surface area contributed by atoms with Crippen LogP contribution in [0.2, 0.25) is 0 Å². The molecule has 3 aromatic carbocycles. The van der Waals surface area contributed by atoms with E-state index in [1.165, 1.54) is 12.3 Å². The van der Waals surface area contributed by atoms with Crippen molar-refractivity contribution >= 4 is 16.9 Å². The van der Waals surface area contributed by atoms with Gasteiger partial charge in [0.05, 0.1) is 11.1 Å². The van der Waals surface area contributed by atoms with Crippen LogP contribution in [0.3, 0.4) is 0 Å². The number of carbonyl (C=O) groups excluding carboxylic acids is 1. The minimum absolute atomic E-state index is 0.0830. The van der Waals surface area contributed by atoms with Gasteiger partial charge >= 0.3 is 12.1 Å². The Morgan fingerprint density at radius 3 is 2.47 bits per heavy atom. The zero-order valence-corrected chi connectivity index (χ0v) is 18.6. The van der Waals surface area contributed by atoms with Crippen molar-refractivity contribution in [2.45, 2.75) is 33.1 Å². The maximum atomic E-state index is 13.5. The van der Waals surface area contributed by atoms with E-state index in [1.54, 1.807) is 49.4 Å². The molecule has 1 aromatic heterocycles. The van der Waals surface area contributed by atoms with Crippen molar-refractivity contribution in [2.75, 3.05) is 0 Å². The van der Waals surface area contributed by atoms with Gasteiger partial charge in [-0.2, -0.15) is 13.2 Å². The van der Waals surface area contributed by atoms with E-state index in [0.29, 0.717) is 22.4 Å². The maximum absolute atomic E-state index is 13.5. The zero-order valence-electron chi connectivity index (χ0n) is 18.6. The van der Waals surface area contributed by atoms with Gasteiger partial charge in [-0.3, -0.25) is 9.78 Å². The summed E-state index contributed by atoms with van der Waals surface area (Å²) in [5.74, 6) is 0.685. The Morgan fingerprint density at radius 2 is 1.71 bits per heavy atom. The van der Waals surface area contributed by atoms with Crippen LogP contribution in [0, 0.1) is 6.92 Å². The lowest BCUT2D eigenvalue weighted by Crippen LogP contribution is -2.07. The fraction of sp³-hybridized carbons (Fsp3) is 0.185. The summed E-state index contributed by atoms with van der Waals surface area (Å²) < 4.78 is 51.7. The summed E-state index contributed by atoms with van der Waals surface area (Å²) in [6.07, 6.45) is -2.76. The summed E-state index contributed by atoms with van der Waals surface area (Å²) in [6, 6.07) is 18.4. The Bertz CT molecular complexity index is 1350. The number of rotatable bonds is 6. The molecule has 0 spiro atoms. The number of halogens is 3. The van der Waals surface area contributed by atoms with Crippen LogP contribution in [0.4, 0.5) is 13.2 Å². The lowest BCUT2D eigenvalue weighted by molar-refractivity contribution is -0.136. The normalized spacial score (nSPS) is 11.4. The highest BCUT2D eigenvalue weighted by Gasteiger charge is 2.33. The van der Waals surface area contributed by atoms with E-state index >= 15 is 0 Å². The van der Waals surface area contributed by atoms with Crippen LogP contribution in [0.5, 0.6) is 11.5 Å². The Kier molecular flexibility index (Phi) is 6.54. The van der Waals surface area contributed by atoms with Crippen molar-refractivity contribution in [1.82, 2.24) is 4.98 Å². The Morgan fingerprint density at radius 1 is 0.971 bits per heavy atom. The molecular weight excluding hydrogens is 443 g/mol. The first-order valence-electron chi connectivity index (χ1n) is 10.7. The molecule has 0 N–H and O–H groups in total. The summed E-state index contributed by atoms with van der Waals surface area (Å²) in [7, 11) is 0. The van der Waals surface area contributed by atoms with Gasteiger partial charge in [0.15, 0.2) is 0 Å². The lowest BCUT2D eigenvalue weighted by Gasteiger charge is -2.15. The Hall–Kier alpha value is -3.87. The minimum atomic E-state index is -4.50. The molecule has 4 nitrogen and oxygen atoms in total. The Balaban J connectivity index is 1.63. The van der Waals surface area contributed by atoms with Crippen molar-refractivity contribution in [1.29, 1.82) is 0 Å².